The molecule has 3 N–H and O–H groups in total. The number of rotatable bonds is 5. The van der Waals surface area contributed by atoms with E-state index in [-0.39, 0.29) is 11.1 Å². The topological polar surface area (TPSA) is 102 Å². The summed E-state index contributed by atoms with van der Waals surface area (Å²) in [5, 5.41) is 24.0. The monoisotopic (exact) mass is 355 g/mol. The Balaban J connectivity index is 2.15. The molecule has 0 spiro atoms. The minimum Gasteiger partial charge on any atom is -0.478 e. The second kappa shape index (κ2) is 7.99. The molecule has 25 heavy (non-hydrogen) atoms. The summed E-state index contributed by atoms with van der Waals surface area (Å²) in [5.41, 5.74) is 1.68. The van der Waals surface area contributed by atoms with E-state index in [4.69, 9.17) is 16.7 Å². The summed E-state index contributed by atoms with van der Waals surface area (Å²) in [6.07, 6.45) is 1.22. The van der Waals surface area contributed by atoms with Crippen LogP contribution in [-0.4, -0.2) is 17.0 Å². The van der Waals surface area contributed by atoms with E-state index >= 15 is 0 Å². The van der Waals surface area contributed by atoms with Gasteiger partial charge in [-0.25, -0.2) is 4.79 Å². The number of benzene rings is 2. The third-order valence-electron chi connectivity index (χ3n) is 3.31. The fourth-order valence-electron chi connectivity index (χ4n) is 1.96. The fourth-order valence-corrected chi connectivity index (χ4v) is 2.14. The van der Waals surface area contributed by atoms with Crippen molar-refractivity contribution in [2.24, 2.45) is 0 Å². The van der Waals surface area contributed by atoms with Crippen molar-refractivity contribution in [2.45, 2.75) is 6.92 Å². The number of aryl methyl sites for hydroxylation is 1. The van der Waals surface area contributed by atoms with Gasteiger partial charge in [0.15, 0.2) is 0 Å². The van der Waals surface area contributed by atoms with Crippen LogP contribution < -0.4 is 10.6 Å². The first kappa shape index (κ1) is 18.0. The number of hydrogen-bond donors (Lipinski definition) is 3. The van der Waals surface area contributed by atoms with Gasteiger partial charge in [0.05, 0.1) is 5.56 Å². The average Bonchev–Trinajstić information content (AvgIpc) is 2.59. The van der Waals surface area contributed by atoms with Gasteiger partial charge in [-0.2, -0.15) is 5.26 Å². The number of hydrogen-bond acceptors (Lipinski definition) is 4. The van der Waals surface area contributed by atoms with Gasteiger partial charge >= 0.3 is 5.97 Å². The molecule has 2 rings (SSSR count). The van der Waals surface area contributed by atoms with E-state index in [1.165, 1.54) is 18.3 Å². The van der Waals surface area contributed by atoms with Gasteiger partial charge in [-0.15, -0.1) is 0 Å². The minimum absolute atomic E-state index is 0.0934. The summed E-state index contributed by atoms with van der Waals surface area (Å²) in [7, 11) is 0. The van der Waals surface area contributed by atoms with Crippen LogP contribution in [0, 0.1) is 18.3 Å². The van der Waals surface area contributed by atoms with Crippen LogP contribution in [0.5, 0.6) is 0 Å². The lowest BCUT2D eigenvalue weighted by Crippen LogP contribution is -2.15. The average molecular weight is 356 g/mol. The molecule has 0 saturated carbocycles. The maximum atomic E-state index is 12.2. The number of nitriles is 1. The summed E-state index contributed by atoms with van der Waals surface area (Å²) < 4.78 is 0. The largest absolute Gasteiger partial charge is 0.478 e. The van der Waals surface area contributed by atoms with Crippen LogP contribution in [0.1, 0.15) is 15.9 Å². The molecule has 126 valence electrons. The number of nitrogens with zero attached hydrogens (tertiary/aromatic N) is 1. The summed E-state index contributed by atoms with van der Waals surface area (Å²) >= 11 is 5.90. The lowest BCUT2D eigenvalue weighted by Gasteiger charge is -2.08. The van der Waals surface area contributed by atoms with Crippen LogP contribution in [0.25, 0.3) is 0 Å². The fraction of sp³-hybridized carbons (Fsp3) is 0.0556. The molecule has 0 aliphatic carbocycles. The van der Waals surface area contributed by atoms with E-state index in [0.717, 1.165) is 5.56 Å². The Labute approximate surface area is 149 Å². The van der Waals surface area contributed by atoms with Crippen molar-refractivity contribution >= 4 is 34.9 Å². The number of aromatic carboxylic acids is 1. The Hall–Kier alpha value is -3.30. The van der Waals surface area contributed by atoms with Crippen molar-refractivity contribution in [3.8, 4) is 6.07 Å². The lowest BCUT2D eigenvalue weighted by atomic mass is 10.2. The zero-order valence-corrected chi connectivity index (χ0v) is 14.0. The van der Waals surface area contributed by atoms with E-state index in [0.29, 0.717) is 16.4 Å². The van der Waals surface area contributed by atoms with Gasteiger partial charge in [0, 0.05) is 22.6 Å². The lowest BCUT2D eigenvalue weighted by molar-refractivity contribution is -0.112. The second-order valence-corrected chi connectivity index (χ2v) is 5.55. The van der Waals surface area contributed by atoms with Crippen LogP contribution in [0.2, 0.25) is 5.02 Å². The number of anilines is 2. The van der Waals surface area contributed by atoms with E-state index in [1.54, 1.807) is 43.3 Å². The van der Waals surface area contributed by atoms with Gasteiger partial charge in [-0.1, -0.05) is 23.7 Å². The molecule has 1 amide bonds. The first-order chi connectivity index (χ1) is 11.9. The molecule has 2 aromatic carbocycles. The van der Waals surface area contributed by atoms with Crippen molar-refractivity contribution in [1.29, 1.82) is 5.26 Å². The van der Waals surface area contributed by atoms with Crippen LogP contribution in [0.15, 0.2) is 54.2 Å². The molecule has 0 heterocycles. The molecule has 7 heteroatoms. The highest BCUT2D eigenvalue weighted by atomic mass is 35.5. The highest BCUT2D eigenvalue weighted by molar-refractivity contribution is 6.31. The molecule has 0 unspecified atom stereocenters. The third-order valence-corrected chi connectivity index (χ3v) is 3.54. The van der Waals surface area contributed by atoms with Gasteiger partial charge < -0.3 is 15.7 Å². The van der Waals surface area contributed by atoms with Crippen molar-refractivity contribution in [3.63, 3.8) is 0 Å². The number of carbonyl (C=O) groups is 2. The smallest absolute Gasteiger partial charge is 0.335 e. The van der Waals surface area contributed by atoms with Gasteiger partial charge in [0.1, 0.15) is 11.6 Å². The molecule has 0 bridgehead atoms. The Morgan fingerprint density at radius 3 is 2.68 bits per heavy atom. The molecule has 0 atom stereocenters. The second-order valence-electron chi connectivity index (χ2n) is 5.11. The quantitative estimate of drug-likeness (QED) is 0.559. The molecule has 2 aromatic rings. The Bertz CT molecular complexity index is 901. The normalized spacial score (nSPS) is 10.7. The van der Waals surface area contributed by atoms with Gasteiger partial charge in [0.25, 0.3) is 5.91 Å². The molecule has 0 aliphatic heterocycles. The molecule has 0 aromatic heterocycles. The van der Waals surface area contributed by atoms with Crippen LogP contribution in [-0.2, 0) is 4.79 Å². The highest BCUT2D eigenvalue weighted by Crippen LogP contribution is 2.20. The van der Waals surface area contributed by atoms with Gasteiger partial charge in [-0.05, 0) is 42.8 Å². The summed E-state index contributed by atoms with van der Waals surface area (Å²) in [6.45, 7) is 1.80. The van der Waals surface area contributed by atoms with E-state index in [1.807, 2.05) is 0 Å². The number of halogens is 1. The zero-order valence-electron chi connectivity index (χ0n) is 13.2. The summed E-state index contributed by atoms with van der Waals surface area (Å²) in [6, 6.07) is 12.9. The van der Waals surface area contributed by atoms with Crippen molar-refractivity contribution in [2.75, 3.05) is 10.6 Å². The van der Waals surface area contributed by atoms with Gasteiger partial charge in [0.2, 0.25) is 0 Å². The van der Waals surface area contributed by atoms with E-state index in [9.17, 15) is 14.9 Å². The predicted molar refractivity (Wildman–Crippen MR) is 95.5 cm³/mol. The van der Waals surface area contributed by atoms with Crippen molar-refractivity contribution in [1.82, 2.24) is 0 Å². The molecule has 0 fully saturated rings. The number of carboxylic acids is 1. The predicted octanol–water partition coefficient (Wildman–Crippen LogP) is 3.80. The maximum absolute atomic E-state index is 12.2. The molecular weight excluding hydrogens is 342 g/mol. The van der Waals surface area contributed by atoms with Crippen LogP contribution in [0.4, 0.5) is 11.4 Å². The number of carboxylic acid groups (broad SMARTS) is 1. The van der Waals surface area contributed by atoms with Crippen molar-refractivity contribution in [3.05, 3.63) is 70.4 Å². The van der Waals surface area contributed by atoms with E-state index < -0.39 is 11.9 Å². The Morgan fingerprint density at radius 1 is 1.24 bits per heavy atom. The first-order valence-electron chi connectivity index (χ1n) is 7.18. The summed E-state index contributed by atoms with van der Waals surface area (Å²) in [5.74, 6) is -1.67. The standard InChI is InChI=1S/C18H14ClN3O3/c1-11-5-6-14(19)8-16(11)22-17(23)13(9-20)10-21-15-4-2-3-12(7-15)18(24)25/h2-8,10,21H,1H3,(H,22,23)(H,24,25)/b13-10-. The van der Waals surface area contributed by atoms with Gasteiger partial charge in [-0.3, -0.25) is 4.79 Å². The maximum Gasteiger partial charge on any atom is 0.335 e. The van der Waals surface area contributed by atoms with E-state index in [2.05, 4.69) is 10.6 Å². The molecule has 6 nitrogen and oxygen atoms in total. The number of carbonyl (C=O) groups excluding carboxylic acids is 1. The van der Waals surface area contributed by atoms with Crippen molar-refractivity contribution < 1.29 is 14.7 Å². The SMILES string of the molecule is Cc1ccc(Cl)cc1NC(=O)/C(C#N)=C\Nc1cccc(C(=O)O)c1. The zero-order chi connectivity index (χ0) is 18.4. The first-order valence-corrected chi connectivity index (χ1v) is 7.56. The van der Waals surface area contributed by atoms with Crippen LogP contribution in [0.3, 0.4) is 0 Å². The Kier molecular flexibility index (Phi) is 5.77. The Morgan fingerprint density at radius 2 is 2.00 bits per heavy atom. The summed E-state index contributed by atoms with van der Waals surface area (Å²) in [4.78, 5) is 23.2. The molecular formula is C18H14ClN3O3. The number of nitrogens with one attached hydrogen (secondary N) is 2. The molecule has 0 radical (unpaired) electrons. The minimum atomic E-state index is -1.07. The van der Waals surface area contributed by atoms with Crippen LogP contribution >= 0.6 is 11.6 Å². The highest BCUT2D eigenvalue weighted by Gasteiger charge is 2.11. The third kappa shape index (κ3) is 4.83. The molecule has 0 aliphatic rings. The number of amides is 1. The molecule has 0 saturated heterocycles.